The molecule has 0 saturated heterocycles. The van der Waals surface area contributed by atoms with E-state index in [9.17, 15) is 8.42 Å². The summed E-state index contributed by atoms with van der Waals surface area (Å²) in [5.74, 6) is 0.306. The Bertz CT molecular complexity index is 1370. The Morgan fingerprint density at radius 2 is 1.97 bits per heavy atom. The van der Waals surface area contributed by atoms with E-state index in [4.69, 9.17) is 4.52 Å². The maximum atomic E-state index is 13.2. The van der Waals surface area contributed by atoms with Crippen molar-refractivity contribution >= 4 is 21.1 Å². The molecule has 0 fully saturated rings. The summed E-state index contributed by atoms with van der Waals surface area (Å²) < 4.78 is 34.7. The van der Waals surface area contributed by atoms with Gasteiger partial charge < -0.3 is 4.52 Å². The molecule has 0 aromatic carbocycles. The van der Waals surface area contributed by atoms with Crippen molar-refractivity contribution in [1.82, 2.24) is 29.2 Å². The average molecular weight is 424 g/mol. The van der Waals surface area contributed by atoms with Crippen LogP contribution in [-0.4, -0.2) is 44.2 Å². The van der Waals surface area contributed by atoms with Gasteiger partial charge in [0, 0.05) is 61.2 Å². The van der Waals surface area contributed by atoms with Crippen LogP contribution in [0.2, 0.25) is 0 Å². The first-order valence-electron chi connectivity index (χ1n) is 9.53. The van der Waals surface area contributed by atoms with Crippen LogP contribution in [0, 0.1) is 13.8 Å². The van der Waals surface area contributed by atoms with E-state index < -0.39 is 10.0 Å². The SMILES string of the molecule is Cc1noc(C)c1S(=O)(=O)N1CCc2nc3ncc(-c4cnn(C)c4)cc3cc2C1. The smallest absolute Gasteiger partial charge is 0.248 e. The van der Waals surface area contributed by atoms with Gasteiger partial charge in [-0.05, 0) is 31.5 Å². The minimum atomic E-state index is -3.70. The van der Waals surface area contributed by atoms with E-state index in [1.807, 2.05) is 25.4 Å². The Hall–Kier alpha value is -3.11. The number of hydrogen-bond donors (Lipinski definition) is 0. The molecule has 30 heavy (non-hydrogen) atoms. The van der Waals surface area contributed by atoms with Crippen molar-refractivity contribution in [3.8, 4) is 11.1 Å². The summed E-state index contributed by atoms with van der Waals surface area (Å²) in [6, 6.07) is 3.99. The maximum Gasteiger partial charge on any atom is 0.248 e. The van der Waals surface area contributed by atoms with Gasteiger partial charge in [-0.2, -0.15) is 9.40 Å². The van der Waals surface area contributed by atoms with Gasteiger partial charge in [-0.3, -0.25) is 4.68 Å². The van der Waals surface area contributed by atoms with E-state index in [1.165, 1.54) is 4.31 Å². The molecule has 0 saturated carbocycles. The van der Waals surface area contributed by atoms with Crippen molar-refractivity contribution in [2.45, 2.75) is 31.7 Å². The monoisotopic (exact) mass is 424 g/mol. The highest BCUT2D eigenvalue weighted by molar-refractivity contribution is 7.89. The Balaban J connectivity index is 1.53. The minimum Gasteiger partial charge on any atom is -0.360 e. The summed E-state index contributed by atoms with van der Waals surface area (Å²) >= 11 is 0. The van der Waals surface area contributed by atoms with Crippen LogP contribution in [0.5, 0.6) is 0 Å². The Kier molecular flexibility index (Phi) is 4.23. The minimum absolute atomic E-state index is 0.153. The summed E-state index contributed by atoms with van der Waals surface area (Å²) in [6.45, 7) is 3.86. The Labute approximate surface area is 173 Å². The van der Waals surface area contributed by atoms with Crippen LogP contribution in [0.25, 0.3) is 22.2 Å². The van der Waals surface area contributed by atoms with Crippen molar-refractivity contribution < 1.29 is 12.9 Å². The Morgan fingerprint density at radius 1 is 1.13 bits per heavy atom. The molecule has 4 aromatic rings. The predicted molar refractivity (Wildman–Crippen MR) is 109 cm³/mol. The van der Waals surface area contributed by atoms with Gasteiger partial charge in [-0.15, -0.1) is 0 Å². The first-order chi connectivity index (χ1) is 14.3. The van der Waals surface area contributed by atoms with Crippen LogP contribution in [0.3, 0.4) is 0 Å². The third kappa shape index (κ3) is 2.99. The third-order valence-electron chi connectivity index (χ3n) is 5.39. The second kappa shape index (κ2) is 6.71. The maximum absolute atomic E-state index is 13.2. The fraction of sp³-hybridized carbons (Fsp3) is 0.300. The molecule has 0 atom stereocenters. The molecule has 5 rings (SSSR count). The standard InChI is InChI=1S/C20H20N6O3S/c1-12-19(13(2)29-24-12)30(27,28)26-5-4-18-16(11-26)7-14-6-15(8-21-20(14)23-18)17-9-22-25(3)10-17/h6-10H,4-5,11H2,1-3H3. The van der Waals surface area contributed by atoms with Gasteiger partial charge in [-0.25, -0.2) is 18.4 Å². The number of pyridine rings is 2. The van der Waals surface area contributed by atoms with Crippen molar-refractivity contribution in [3.05, 3.63) is 53.4 Å². The summed E-state index contributed by atoms with van der Waals surface area (Å²) in [6.07, 6.45) is 6.02. The van der Waals surface area contributed by atoms with Gasteiger partial charge in [0.05, 0.1) is 6.20 Å². The molecule has 9 nitrogen and oxygen atoms in total. The van der Waals surface area contributed by atoms with E-state index >= 15 is 0 Å². The van der Waals surface area contributed by atoms with Gasteiger partial charge in [0.1, 0.15) is 10.6 Å². The summed E-state index contributed by atoms with van der Waals surface area (Å²) in [4.78, 5) is 9.34. The van der Waals surface area contributed by atoms with Gasteiger partial charge >= 0.3 is 0 Å². The van der Waals surface area contributed by atoms with Crippen molar-refractivity contribution in [2.24, 2.45) is 7.05 Å². The highest BCUT2D eigenvalue weighted by Crippen LogP contribution is 2.30. The highest BCUT2D eigenvalue weighted by atomic mass is 32.2. The lowest BCUT2D eigenvalue weighted by Crippen LogP contribution is -2.36. The van der Waals surface area contributed by atoms with E-state index in [-0.39, 0.29) is 11.4 Å². The van der Waals surface area contributed by atoms with E-state index in [1.54, 1.807) is 30.9 Å². The van der Waals surface area contributed by atoms with Crippen LogP contribution >= 0.6 is 0 Å². The fourth-order valence-corrected chi connectivity index (χ4v) is 5.61. The number of aromatic nitrogens is 5. The van der Waals surface area contributed by atoms with Gasteiger partial charge in [-0.1, -0.05) is 5.16 Å². The van der Waals surface area contributed by atoms with Gasteiger partial charge in [0.2, 0.25) is 10.0 Å². The first kappa shape index (κ1) is 18.9. The molecular formula is C20H20N6O3S. The molecule has 0 aliphatic carbocycles. The molecule has 10 heteroatoms. The zero-order valence-electron chi connectivity index (χ0n) is 16.8. The molecule has 5 heterocycles. The molecule has 0 unspecified atom stereocenters. The third-order valence-corrected chi connectivity index (χ3v) is 7.48. The average Bonchev–Trinajstić information content (AvgIpc) is 3.30. The van der Waals surface area contributed by atoms with E-state index in [2.05, 4.69) is 20.2 Å². The molecule has 4 aromatic heterocycles. The zero-order valence-corrected chi connectivity index (χ0v) is 17.6. The normalized spacial score (nSPS) is 14.9. The molecule has 0 amide bonds. The summed E-state index contributed by atoms with van der Waals surface area (Å²) in [5, 5.41) is 8.87. The van der Waals surface area contributed by atoms with Crippen LogP contribution in [0.1, 0.15) is 22.7 Å². The second-order valence-electron chi connectivity index (χ2n) is 7.51. The molecule has 0 bridgehead atoms. The first-order valence-corrected chi connectivity index (χ1v) is 11.0. The lowest BCUT2D eigenvalue weighted by atomic mass is 10.0. The lowest BCUT2D eigenvalue weighted by Gasteiger charge is -2.27. The quantitative estimate of drug-likeness (QED) is 0.497. The summed E-state index contributed by atoms with van der Waals surface area (Å²) in [7, 11) is -1.84. The van der Waals surface area contributed by atoms with Crippen LogP contribution in [0.4, 0.5) is 0 Å². The zero-order chi connectivity index (χ0) is 21.0. The molecular weight excluding hydrogens is 404 g/mol. The molecule has 0 spiro atoms. The number of nitrogens with zero attached hydrogens (tertiary/aromatic N) is 6. The van der Waals surface area contributed by atoms with Crippen LogP contribution in [-0.2, 0) is 30.0 Å². The largest absolute Gasteiger partial charge is 0.360 e. The number of fused-ring (bicyclic) bond motifs is 2. The van der Waals surface area contributed by atoms with Gasteiger partial charge in [0.25, 0.3) is 0 Å². The molecule has 1 aliphatic heterocycles. The molecule has 154 valence electrons. The number of hydrogen-bond acceptors (Lipinski definition) is 7. The number of aryl methyl sites for hydroxylation is 3. The Morgan fingerprint density at radius 3 is 2.67 bits per heavy atom. The van der Waals surface area contributed by atoms with Crippen molar-refractivity contribution in [2.75, 3.05) is 6.54 Å². The second-order valence-corrected chi connectivity index (χ2v) is 9.38. The molecule has 0 N–H and O–H groups in total. The molecule has 1 aliphatic rings. The van der Waals surface area contributed by atoms with E-state index in [0.717, 1.165) is 27.8 Å². The van der Waals surface area contributed by atoms with Crippen LogP contribution < -0.4 is 0 Å². The number of sulfonamides is 1. The van der Waals surface area contributed by atoms with Crippen molar-refractivity contribution in [1.29, 1.82) is 0 Å². The van der Waals surface area contributed by atoms with E-state index in [0.29, 0.717) is 30.1 Å². The number of rotatable bonds is 3. The van der Waals surface area contributed by atoms with Crippen LogP contribution in [0.15, 0.2) is 40.1 Å². The topological polar surface area (TPSA) is 107 Å². The van der Waals surface area contributed by atoms with Crippen molar-refractivity contribution in [3.63, 3.8) is 0 Å². The molecule has 0 radical (unpaired) electrons. The highest BCUT2D eigenvalue weighted by Gasteiger charge is 2.33. The summed E-state index contributed by atoms with van der Waals surface area (Å²) in [5.41, 5.74) is 4.70. The lowest BCUT2D eigenvalue weighted by molar-refractivity contribution is 0.380. The fourth-order valence-electron chi connectivity index (χ4n) is 3.90. The van der Waals surface area contributed by atoms with Gasteiger partial charge in [0.15, 0.2) is 11.4 Å². The predicted octanol–water partition coefficient (Wildman–Crippen LogP) is 2.38.